The lowest BCUT2D eigenvalue weighted by Gasteiger charge is -2.27. The lowest BCUT2D eigenvalue weighted by molar-refractivity contribution is 0.475. The molecule has 0 aliphatic rings. The molecule has 0 aromatic heterocycles. The van der Waals surface area contributed by atoms with Gasteiger partial charge in [0.1, 0.15) is 16.6 Å². The number of aromatic hydroxyl groups is 1. The minimum Gasteiger partial charge on any atom is -0.508 e. The molecule has 0 saturated carbocycles. The number of rotatable bonds is 4. The van der Waals surface area contributed by atoms with Crippen LogP contribution in [-0.4, -0.2) is 16.6 Å². The zero-order chi connectivity index (χ0) is 15.6. The highest BCUT2D eigenvalue weighted by Gasteiger charge is 2.16. The highest BCUT2D eigenvalue weighted by atomic mass is 32.1. The molecule has 0 heterocycles. The number of phenolic OH excluding ortho intramolecular Hbond substituents is 1. The molecular weight excluding hydrogens is 287 g/mol. The Morgan fingerprint density at radius 3 is 2.57 bits per heavy atom. The maximum atomic E-state index is 13.4. The van der Waals surface area contributed by atoms with Crippen LogP contribution in [0.25, 0.3) is 0 Å². The molecule has 0 atom stereocenters. The van der Waals surface area contributed by atoms with E-state index in [-0.39, 0.29) is 16.6 Å². The van der Waals surface area contributed by atoms with E-state index < -0.39 is 0 Å². The Labute approximate surface area is 128 Å². The fourth-order valence-corrected chi connectivity index (χ4v) is 2.46. The second kappa shape index (κ2) is 6.10. The smallest absolute Gasteiger partial charge is 0.124 e. The first-order valence-electron chi connectivity index (χ1n) is 6.60. The van der Waals surface area contributed by atoms with Crippen LogP contribution in [0.4, 0.5) is 15.8 Å². The number of nitrogens with zero attached hydrogens (tertiary/aromatic N) is 1. The summed E-state index contributed by atoms with van der Waals surface area (Å²) in [4.78, 5) is 2.09. The molecule has 21 heavy (non-hydrogen) atoms. The number of anilines is 2. The molecule has 2 aromatic carbocycles. The number of benzene rings is 2. The van der Waals surface area contributed by atoms with Crippen molar-refractivity contribution in [1.29, 1.82) is 0 Å². The summed E-state index contributed by atoms with van der Waals surface area (Å²) in [5.41, 5.74) is 8.74. The maximum Gasteiger partial charge on any atom is 0.124 e. The van der Waals surface area contributed by atoms with Gasteiger partial charge < -0.3 is 15.7 Å². The van der Waals surface area contributed by atoms with E-state index in [1.54, 1.807) is 18.2 Å². The van der Waals surface area contributed by atoms with E-state index in [1.807, 2.05) is 24.8 Å². The van der Waals surface area contributed by atoms with Crippen LogP contribution in [0.5, 0.6) is 5.75 Å². The van der Waals surface area contributed by atoms with Gasteiger partial charge in [-0.15, -0.1) is 0 Å². The van der Waals surface area contributed by atoms with Crippen LogP contribution in [0.1, 0.15) is 18.1 Å². The van der Waals surface area contributed by atoms with Crippen molar-refractivity contribution in [3.63, 3.8) is 0 Å². The Kier molecular flexibility index (Phi) is 4.43. The SMILES string of the molecule is CCN(c1cc(O)ccc1C)c1ccc(F)cc1C(N)=S. The molecule has 3 nitrogen and oxygen atoms in total. The summed E-state index contributed by atoms with van der Waals surface area (Å²) in [5, 5.41) is 9.71. The monoisotopic (exact) mass is 304 g/mol. The van der Waals surface area contributed by atoms with Crippen LogP contribution in [0.3, 0.4) is 0 Å². The van der Waals surface area contributed by atoms with Gasteiger partial charge in [-0.25, -0.2) is 4.39 Å². The summed E-state index contributed by atoms with van der Waals surface area (Å²) in [6.07, 6.45) is 0. The van der Waals surface area contributed by atoms with Gasteiger partial charge in [-0.3, -0.25) is 0 Å². The lowest BCUT2D eigenvalue weighted by Crippen LogP contribution is -2.22. The molecule has 0 aliphatic carbocycles. The summed E-state index contributed by atoms with van der Waals surface area (Å²) in [6, 6.07) is 9.49. The number of halogens is 1. The molecule has 3 N–H and O–H groups in total. The average Bonchev–Trinajstić information content (AvgIpc) is 2.44. The van der Waals surface area contributed by atoms with Gasteiger partial charge in [-0.1, -0.05) is 18.3 Å². The van der Waals surface area contributed by atoms with Crippen molar-refractivity contribution in [3.05, 3.63) is 53.3 Å². The average molecular weight is 304 g/mol. The molecule has 2 rings (SSSR count). The van der Waals surface area contributed by atoms with E-state index in [1.165, 1.54) is 12.1 Å². The number of thiocarbonyl (C=S) groups is 1. The van der Waals surface area contributed by atoms with Gasteiger partial charge >= 0.3 is 0 Å². The molecule has 0 fully saturated rings. The Morgan fingerprint density at radius 1 is 1.24 bits per heavy atom. The molecule has 0 bridgehead atoms. The summed E-state index contributed by atoms with van der Waals surface area (Å²) in [5.74, 6) is -0.210. The molecule has 2 aromatic rings. The third-order valence-corrected chi connectivity index (χ3v) is 3.53. The van der Waals surface area contributed by atoms with Gasteiger partial charge in [-0.05, 0) is 43.7 Å². The highest BCUT2D eigenvalue weighted by molar-refractivity contribution is 7.80. The standard InChI is InChI=1S/C16H17FN2OS/c1-3-19(15-9-12(20)6-4-10(15)2)14-7-5-11(17)8-13(14)16(18)21/h4-9,20H,3H2,1-2H3,(H2,18,21). The van der Waals surface area contributed by atoms with Crippen LogP contribution >= 0.6 is 12.2 Å². The van der Waals surface area contributed by atoms with Crippen LogP contribution in [0.2, 0.25) is 0 Å². The minimum absolute atomic E-state index is 0.140. The first kappa shape index (κ1) is 15.3. The molecular formula is C16H17FN2OS. The first-order chi connectivity index (χ1) is 9.93. The van der Waals surface area contributed by atoms with Gasteiger partial charge in [0, 0.05) is 23.9 Å². The molecule has 0 saturated heterocycles. The van der Waals surface area contributed by atoms with E-state index in [9.17, 15) is 9.50 Å². The van der Waals surface area contributed by atoms with Crippen molar-refractivity contribution in [2.45, 2.75) is 13.8 Å². The van der Waals surface area contributed by atoms with Gasteiger partial charge in [-0.2, -0.15) is 0 Å². The molecule has 5 heteroatoms. The summed E-state index contributed by atoms with van der Waals surface area (Å²) in [6.45, 7) is 4.54. The molecule has 0 unspecified atom stereocenters. The van der Waals surface area contributed by atoms with E-state index in [0.717, 1.165) is 16.9 Å². The highest BCUT2D eigenvalue weighted by Crippen LogP contribution is 2.33. The Balaban J connectivity index is 2.61. The largest absolute Gasteiger partial charge is 0.508 e. The normalized spacial score (nSPS) is 10.4. The van der Waals surface area contributed by atoms with Crippen molar-refractivity contribution in [2.75, 3.05) is 11.4 Å². The number of hydrogen-bond acceptors (Lipinski definition) is 3. The fraction of sp³-hybridized carbons (Fsp3) is 0.188. The third-order valence-electron chi connectivity index (χ3n) is 3.31. The Morgan fingerprint density at radius 2 is 1.95 bits per heavy atom. The predicted molar refractivity (Wildman–Crippen MR) is 87.8 cm³/mol. The lowest BCUT2D eigenvalue weighted by atomic mass is 10.1. The van der Waals surface area contributed by atoms with Crippen molar-refractivity contribution < 1.29 is 9.50 Å². The zero-order valence-corrected chi connectivity index (χ0v) is 12.7. The number of nitrogens with two attached hydrogens (primary N) is 1. The van der Waals surface area contributed by atoms with E-state index >= 15 is 0 Å². The maximum absolute atomic E-state index is 13.4. The van der Waals surface area contributed by atoms with E-state index in [2.05, 4.69) is 0 Å². The van der Waals surface area contributed by atoms with Gasteiger partial charge in [0.25, 0.3) is 0 Å². The van der Waals surface area contributed by atoms with Crippen LogP contribution in [0, 0.1) is 12.7 Å². The summed E-state index contributed by atoms with van der Waals surface area (Å²) >= 11 is 5.02. The van der Waals surface area contributed by atoms with Gasteiger partial charge in [0.15, 0.2) is 0 Å². The van der Waals surface area contributed by atoms with Crippen molar-refractivity contribution in [1.82, 2.24) is 0 Å². The van der Waals surface area contributed by atoms with Crippen LogP contribution in [-0.2, 0) is 0 Å². The number of hydrogen-bond donors (Lipinski definition) is 2. The van der Waals surface area contributed by atoms with Crippen LogP contribution < -0.4 is 10.6 Å². The van der Waals surface area contributed by atoms with Crippen molar-refractivity contribution in [3.8, 4) is 5.75 Å². The first-order valence-corrected chi connectivity index (χ1v) is 7.01. The number of phenols is 1. The molecule has 0 amide bonds. The van der Waals surface area contributed by atoms with E-state index in [4.69, 9.17) is 18.0 Å². The predicted octanol–water partition coefficient (Wildman–Crippen LogP) is 3.63. The summed E-state index contributed by atoms with van der Waals surface area (Å²) in [7, 11) is 0. The summed E-state index contributed by atoms with van der Waals surface area (Å²) < 4.78 is 13.4. The second-order valence-electron chi connectivity index (χ2n) is 4.74. The fourth-order valence-electron chi connectivity index (χ4n) is 2.30. The Bertz CT molecular complexity index is 688. The molecule has 0 radical (unpaired) electrons. The quantitative estimate of drug-likeness (QED) is 0.847. The van der Waals surface area contributed by atoms with Crippen molar-refractivity contribution in [2.24, 2.45) is 5.73 Å². The molecule has 110 valence electrons. The van der Waals surface area contributed by atoms with Gasteiger partial charge in [0.2, 0.25) is 0 Å². The van der Waals surface area contributed by atoms with Crippen molar-refractivity contribution >= 4 is 28.6 Å². The molecule has 0 aliphatic heterocycles. The Hall–Kier alpha value is -2.14. The van der Waals surface area contributed by atoms with E-state index in [0.29, 0.717) is 12.1 Å². The second-order valence-corrected chi connectivity index (χ2v) is 5.18. The van der Waals surface area contributed by atoms with Gasteiger partial charge in [0.05, 0.1) is 5.69 Å². The number of aryl methyl sites for hydroxylation is 1. The zero-order valence-electron chi connectivity index (χ0n) is 11.9. The topological polar surface area (TPSA) is 49.5 Å². The third kappa shape index (κ3) is 3.13. The minimum atomic E-state index is -0.384. The molecule has 0 spiro atoms. The van der Waals surface area contributed by atoms with Crippen LogP contribution in [0.15, 0.2) is 36.4 Å².